The number of aromatic nitrogens is 1. The molecule has 1 aliphatic rings. The van der Waals surface area contributed by atoms with Crippen molar-refractivity contribution in [2.45, 2.75) is 18.9 Å². The molecule has 1 atom stereocenters. The highest BCUT2D eigenvalue weighted by Gasteiger charge is 2.21. The third-order valence-electron chi connectivity index (χ3n) is 3.12. The number of pyridine rings is 1. The van der Waals surface area contributed by atoms with Gasteiger partial charge in [0.15, 0.2) is 0 Å². The molecule has 0 spiro atoms. The minimum Gasteiger partial charge on any atom is -0.490 e. The summed E-state index contributed by atoms with van der Waals surface area (Å²) in [7, 11) is 4.04. The Morgan fingerprint density at radius 2 is 2.44 bits per heavy atom. The molecular weight excluding hydrogens is 202 g/mol. The number of ether oxygens (including phenoxy) is 1. The van der Waals surface area contributed by atoms with Gasteiger partial charge in [-0.05, 0) is 26.4 Å². The van der Waals surface area contributed by atoms with Crippen LogP contribution in [0, 0.1) is 0 Å². The van der Waals surface area contributed by atoms with Gasteiger partial charge in [0.2, 0.25) is 0 Å². The summed E-state index contributed by atoms with van der Waals surface area (Å²) in [6, 6.07) is 2.53. The maximum atomic E-state index is 5.76. The molecule has 1 N–H and O–H groups in total. The first-order chi connectivity index (χ1) is 7.79. The van der Waals surface area contributed by atoms with Crippen LogP contribution in [0.25, 0.3) is 0 Å². The van der Waals surface area contributed by atoms with Gasteiger partial charge in [-0.2, -0.15) is 0 Å². The van der Waals surface area contributed by atoms with Gasteiger partial charge in [-0.25, -0.2) is 0 Å². The highest BCUT2D eigenvalue weighted by molar-refractivity contribution is 5.44. The molecule has 1 aromatic rings. The number of likely N-dealkylation sites (N-methyl/N-ethyl adjacent to an activating group) is 1. The van der Waals surface area contributed by atoms with E-state index in [9.17, 15) is 0 Å². The number of likely N-dealkylation sites (tertiary alicyclic amines) is 1. The number of nitrogens with zero attached hydrogens (tertiary/aromatic N) is 2. The van der Waals surface area contributed by atoms with Gasteiger partial charge in [0, 0.05) is 19.2 Å². The quantitative estimate of drug-likeness (QED) is 0.838. The van der Waals surface area contributed by atoms with Gasteiger partial charge in [0.05, 0.1) is 18.1 Å². The van der Waals surface area contributed by atoms with Crippen LogP contribution in [0.15, 0.2) is 18.5 Å². The van der Waals surface area contributed by atoms with Crippen molar-refractivity contribution in [2.75, 3.05) is 32.6 Å². The Morgan fingerprint density at radius 3 is 3.12 bits per heavy atom. The summed E-state index contributed by atoms with van der Waals surface area (Å²) >= 11 is 0. The molecule has 4 nitrogen and oxygen atoms in total. The van der Waals surface area contributed by atoms with E-state index in [1.165, 1.54) is 19.4 Å². The fraction of sp³-hybridized carbons (Fsp3) is 0.583. The lowest BCUT2D eigenvalue weighted by Crippen LogP contribution is -2.30. The first-order valence-corrected chi connectivity index (χ1v) is 5.75. The first kappa shape index (κ1) is 11.2. The lowest BCUT2D eigenvalue weighted by atomic mass is 10.2. The molecule has 0 aliphatic carbocycles. The standard InChI is InChI=1S/C12H19N3O/c1-13-10-6-12(8-14-7-10)16-9-11-4-3-5-15(11)2/h6-8,11,13H,3-5,9H2,1-2H3/t11-/m1/s1. The first-order valence-electron chi connectivity index (χ1n) is 5.75. The van der Waals surface area contributed by atoms with Crippen molar-refractivity contribution < 1.29 is 4.74 Å². The second-order valence-electron chi connectivity index (χ2n) is 4.25. The predicted molar refractivity (Wildman–Crippen MR) is 64.9 cm³/mol. The average Bonchev–Trinajstić information content (AvgIpc) is 2.72. The molecule has 0 aromatic carbocycles. The molecule has 0 radical (unpaired) electrons. The van der Waals surface area contributed by atoms with Crippen LogP contribution in [-0.2, 0) is 0 Å². The molecule has 1 saturated heterocycles. The molecule has 16 heavy (non-hydrogen) atoms. The summed E-state index contributed by atoms with van der Waals surface area (Å²) in [5.74, 6) is 0.840. The van der Waals surface area contributed by atoms with Crippen molar-refractivity contribution in [1.82, 2.24) is 9.88 Å². The molecular formula is C12H19N3O. The smallest absolute Gasteiger partial charge is 0.139 e. The summed E-state index contributed by atoms with van der Waals surface area (Å²) in [5.41, 5.74) is 0.984. The van der Waals surface area contributed by atoms with Crippen LogP contribution in [0.1, 0.15) is 12.8 Å². The molecule has 88 valence electrons. The summed E-state index contributed by atoms with van der Waals surface area (Å²) in [5, 5.41) is 3.05. The van der Waals surface area contributed by atoms with Crippen LogP contribution in [0.4, 0.5) is 5.69 Å². The maximum absolute atomic E-state index is 5.76. The lowest BCUT2D eigenvalue weighted by molar-refractivity contribution is 0.198. The Kier molecular flexibility index (Phi) is 3.62. The Hall–Kier alpha value is -1.29. The summed E-state index contributed by atoms with van der Waals surface area (Å²) in [6.07, 6.45) is 6.05. The molecule has 0 unspecified atom stereocenters. The predicted octanol–water partition coefficient (Wildman–Crippen LogP) is 1.60. The van der Waals surface area contributed by atoms with Crippen molar-refractivity contribution in [3.05, 3.63) is 18.5 Å². The minimum absolute atomic E-state index is 0.554. The fourth-order valence-corrected chi connectivity index (χ4v) is 2.02. The van der Waals surface area contributed by atoms with Crippen LogP contribution in [-0.4, -0.2) is 43.2 Å². The zero-order chi connectivity index (χ0) is 11.4. The number of nitrogens with one attached hydrogen (secondary N) is 1. The zero-order valence-corrected chi connectivity index (χ0v) is 9.94. The van der Waals surface area contributed by atoms with Crippen molar-refractivity contribution in [3.63, 3.8) is 0 Å². The topological polar surface area (TPSA) is 37.4 Å². The lowest BCUT2D eigenvalue weighted by Gasteiger charge is -2.19. The van der Waals surface area contributed by atoms with E-state index < -0.39 is 0 Å². The van der Waals surface area contributed by atoms with Crippen molar-refractivity contribution in [2.24, 2.45) is 0 Å². The van der Waals surface area contributed by atoms with E-state index in [0.29, 0.717) is 6.04 Å². The van der Waals surface area contributed by atoms with E-state index in [-0.39, 0.29) is 0 Å². The van der Waals surface area contributed by atoms with E-state index in [0.717, 1.165) is 18.0 Å². The normalized spacial score (nSPS) is 21.0. The van der Waals surface area contributed by atoms with E-state index in [4.69, 9.17) is 4.74 Å². The molecule has 0 amide bonds. The van der Waals surface area contributed by atoms with Gasteiger partial charge in [-0.15, -0.1) is 0 Å². The molecule has 4 heteroatoms. The zero-order valence-electron chi connectivity index (χ0n) is 9.94. The van der Waals surface area contributed by atoms with Crippen LogP contribution in [0.3, 0.4) is 0 Å². The van der Waals surface area contributed by atoms with Crippen molar-refractivity contribution >= 4 is 5.69 Å². The molecule has 2 heterocycles. The van der Waals surface area contributed by atoms with Crippen LogP contribution < -0.4 is 10.1 Å². The number of hydrogen-bond donors (Lipinski definition) is 1. The van der Waals surface area contributed by atoms with Crippen LogP contribution in [0.5, 0.6) is 5.75 Å². The number of anilines is 1. The summed E-state index contributed by atoms with van der Waals surface area (Å²) in [4.78, 5) is 6.48. The monoisotopic (exact) mass is 221 g/mol. The van der Waals surface area contributed by atoms with Crippen LogP contribution >= 0.6 is 0 Å². The van der Waals surface area contributed by atoms with Crippen molar-refractivity contribution in [1.29, 1.82) is 0 Å². The fourth-order valence-electron chi connectivity index (χ4n) is 2.02. The van der Waals surface area contributed by atoms with Gasteiger partial charge < -0.3 is 15.0 Å². The minimum atomic E-state index is 0.554. The number of rotatable bonds is 4. The molecule has 0 saturated carbocycles. The van der Waals surface area contributed by atoms with Crippen molar-refractivity contribution in [3.8, 4) is 5.75 Å². The average molecular weight is 221 g/mol. The molecule has 0 bridgehead atoms. The molecule has 1 aromatic heterocycles. The Labute approximate surface area is 96.6 Å². The summed E-state index contributed by atoms with van der Waals surface area (Å²) < 4.78 is 5.76. The van der Waals surface area contributed by atoms with E-state index in [1.807, 2.05) is 13.1 Å². The highest BCUT2D eigenvalue weighted by atomic mass is 16.5. The van der Waals surface area contributed by atoms with Gasteiger partial charge in [-0.3, -0.25) is 4.98 Å². The van der Waals surface area contributed by atoms with E-state index in [2.05, 4.69) is 22.2 Å². The van der Waals surface area contributed by atoms with Gasteiger partial charge in [0.1, 0.15) is 12.4 Å². The van der Waals surface area contributed by atoms with Gasteiger partial charge >= 0.3 is 0 Å². The Balaban J connectivity index is 1.88. The Morgan fingerprint density at radius 1 is 1.56 bits per heavy atom. The Bertz CT molecular complexity index is 343. The number of hydrogen-bond acceptors (Lipinski definition) is 4. The molecule has 2 rings (SSSR count). The van der Waals surface area contributed by atoms with Crippen LogP contribution in [0.2, 0.25) is 0 Å². The second kappa shape index (κ2) is 5.16. The third kappa shape index (κ3) is 2.64. The highest BCUT2D eigenvalue weighted by Crippen LogP contribution is 2.18. The van der Waals surface area contributed by atoms with E-state index >= 15 is 0 Å². The largest absolute Gasteiger partial charge is 0.490 e. The summed E-state index contributed by atoms with van der Waals surface area (Å²) in [6.45, 7) is 1.94. The van der Waals surface area contributed by atoms with Gasteiger partial charge in [0.25, 0.3) is 0 Å². The molecule has 1 aliphatic heterocycles. The second-order valence-corrected chi connectivity index (χ2v) is 4.25. The van der Waals surface area contributed by atoms with Gasteiger partial charge in [-0.1, -0.05) is 0 Å². The third-order valence-corrected chi connectivity index (χ3v) is 3.12. The molecule has 1 fully saturated rings. The SMILES string of the molecule is CNc1cncc(OC[C@H]2CCCN2C)c1. The maximum Gasteiger partial charge on any atom is 0.139 e. The van der Waals surface area contributed by atoms with E-state index in [1.54, 1.807) is 12.4 Å².